The number of carbonyl (C=O) groups excluding carboxylic acids is 1. The first-order valence-electron chi connectivity index (χ1n) is 6.24. The van der Waals surface area contributed by atoms with E-state index in [0.29, 0.717) is 5.69 Å². The number of pyridine rings is 1. The summed E-state index contributed by atoms with van der Waals surface area (Å²) in [6, 6.07) is 9.80. The molecule has 0 radical (unpaired) electrons. The molecule has 0 bridgehead atoms. The zero-order valence-electron chi connectivity index (χ0n) is 10.9. The predicted octanol–water partition coefficient (Wildman–Crippen LogP) is 2.86. The maximum absolute atomic E-state index is 13.0. The van der Waals surface area contributed by atoms with Gasteiger partial charge in [0.05, 0.1) is 18.2 Å². The zero-order valence-corrected chi connectivity index (χ0v) is 10.9. The molecule has 0 aliphatic heterocycles. The van der Waals surface area contributed by atoms with Gasteiger partial charge in [-0.05, 0) is 23.8 Å². The van der Waals surface area contributed by atoms with Crippen LogP contribution in [0.15, 0.2) is 55.1 Å². The summed E-state index contributed by atoms with van der Waals surface area (Å²) in [6.45, 7) is 0. The van der Waals surface area contributed by atoms with Gasteiger partial charge in [0.2, 0.25) is 5.95 Å². The minimum atomic E-state index is -0.683. The van der Waals surface area contributed by atoms with E-state index in [9.17, 15) is 9.18 Å². The molecule has 5 nitrogen and oxygen atoms in total. The molecule has 0 saturated heterocycles. The SMILES string of the molecule is O=C(Nc1ccc(-c2cnc[nH]2)cc1)c1ccnc(F)c1. The fourth-order valence-corrected chi connectivity index (χ4v) is 1.89. The number of carbonyl (C=O) groups is 1. The maximum Gasteiger partial charge on any atom is 0.255 e. The molecule has 0 saturated carbocycles. The lowest BCUT2D eigenvalue weighted by Crippen LogP contribution is -2.12. The zero-order chi connectivity index (χ0) is 14.7. The number of aromatic amines is 1. The van der Waals surface area contributed by atoms with Crippen molar-refractivity contribution in [2.75, 3.05) is 5.32 Å². The van der Waals surface area contributed by atoms with Crippen LogP contribution >= 0.6 is 0 Å². The Balaban J connectivity index is 1.75. The fraction of sp³-hybridized carbons (Fsp3) is 0. The normalized spacial score (nSPS) is 10.3. The number of hydrogen-bond acceptors (Lipinski definition) is 3. The molecule has 3 aromatic rings. The average molecular weight is 282 g/mol. The molecular weight excluding hydrogens is 271 g/mol. The molecule has 0 aliphatic rings. The molecular formula is C15H11FN4O. The van der Waals surface area contributed by atoms with Crippen LogP contribution in [0.25, 0.3) is 11.3 Å². The highest BCUT2D eigenvalue weighted by atomic mass is 19.1. The number of imidazole rings is 1. The molecule has 21 heavy (non-hydrogen) atoms. The van der Waals surface area contributed by atoms with Crippen LogP contribution in [0.3, 0.4) is 0 Å². The first-order chi connectivity index (χ1) is 10.2. The van der Waals surface area contributed by atoms with Gasteiger partial charge in [-0.25, -0.2) is 9.97 Å². The summed E-state index contributed by atoms with van der Waals surface area (Å²) >= 11 is 0. The van der Waals surface area contributed by atoms with Crippen molar-refractivity contribution in [2.45, 2.75) is 0 Å². The minimum Gasteiger partial charge on any atom is -0.345 e. The van der Waals surface area contributed by atoms with Gasteiger partial charge in [-0.3, -0.25) is 4.79 Å². The van der Waals surface area contributed by atoms with Crippen molar-refractivity contribution in [3.05, 3.63) is 66.6 Å². The molecule has 0 spiro atoms. The fourth-order valence-electron chi connectivity index (χ4n) is 1.89. The molecule has 1 aromatic carbocycles. The summed E-state index contributed by atoms with van der Waals surface area (Å²) in [7, 11) is 0. The first kappa shape index (κ1) is 13.0. The van der Waals surface area contributed by atoms with E-state index < -0.39 is 5.95 Å². The minimum absolute atomic E-state index is 0.222. The Morgan fingerprint density at radius 3 is 2.67 bits per heavy atom. The second-order valence-electron chi connectivity index (χ2n) is 4.36. The van der Waals surface area contributed by atoms with Gasteiger partial charge in [-0.1, -0.05) is 12.1 Å². The van der Waals surface area contributed by atoms with Gasteiger partial charge in [-0.2, -0.15) is 4.39 Å². The standard InChI is InChI=1S/C15H11FN4O/c16-14-7-11(5-6-18-14)15(21)20-12-3-1-10(2-4-12)13-8-17-9-19-13/h1-9H,(H,17,19)(H,20,21). The molecule has 0 fully saturated rings. The Kier molecular flexibility index (Phi) is 3.42. The van der Waals surface area contributed by atoms with E-state index in [1.165, 1.54) is 12.3 Å². The first-order valence-corrected chi connectivity index (χ1v) is 6.24. The second kappa shape index (κ2) is 5.54. The van der Waals surface area contributed by atoms with Crippen LogP contribution in [0.2, 0.25) is 0 Å². The van der Waals surface area contributed by atoms with Crippen molar-refractivity contribution in [3.8, 4) is 11.3 Å². The predicted molar refractivity (Wildman–Crippen MR) is 76.2 cm³/mol. The lowest BCUT2D eigenvalue weighted by atomic mass is 10.1. The number of aromatic nitrogens is 3. The number of benzene rings is 1. The van der Waals surface area contributed by atoms with Crippen LogP contribution in [0.4, 0.5) is 10.1 Å². The Morgan fingerprint density at radius 2 is 2.00 bits per heavy atom. The molecule has 0 unspecified atom stereocenters. The Bertz CT molecular complexity index is 754. The lowest BCUT2D eigenvalue weighted by Gasteiger charge is -2.06. The summed E-state index contributed by atoms with van der Waals surface area (Å²) in [6.07, 6.45) is 4.57. The van der Waals surface area contributed by atoms with Crippen molar-refractivity contribution in [2.24, 2.45) is 0 Å². The van der Waals surface area contributed by atoms with Crippen molar-refractivity contribution >= 4 is 11.6 Å². The van der Waals surface area contributed by atoms with E-state index in [4.69, 9.17) is 0 Å². The van der Waals surface area contributed by atoms with Gasteiger partial charge in [0.1, 0.15) is 0 Å². The summed E-state index contributed by atoms with van der Waals surface area (Å²) < 4.78 is 13.0. The molecule has 2 heterocycles. The molecule has 104 valence electrons. The number of rotatable bonds is 3. The van der Waals surface area contributed by atoms with Crippen LogP contribution in [0.1, 0.15) is 10.4 Å². The maximum atomic E-state index is 13.0. The second-order valence-corrected chi connectivity index (χ2v) is 4.36. The van der Waals surface area contributed by atoms with Gasteiger partial charge < -0.3 is 10.3 Å². The van der Waals surface area contributed by atoms with Crippen molar-refractivity contribution in [1.82, 2.24) is 15.0 Å². The quantitative estimate of drug-likeness (QED) is 0.726. The number of halogens is 1. The van der Waals surface area contributed by atoms with Crippen LogP contribution in [0.5, 0.6) is 0 Å². The Labute approximate surface area is 119 Å². The molecule has 1 amide bonds. The van der Waals surface area contributed by atoms with Crippen LogP contribution in [-0.2, 0) is 0 Å². The topological polar surface area (TPSA) is 70.7 Å². The van der Waals surface area contributed by atoms with Gasteiger partial charge in [0, 0.05) is 23.5 Å². The van der Waals surface area contributed by atoms with E-state index in [1.54, 1.807) is 24.7 Å². The number of amides is 1. The van der Waals surface area contributed by atoms with Crippen molar-refractivity contribution < 1.29 is 9.18 Å². The number of nitrogens with one attached hydrogen (secondary N) is 2. The van der Waals surface area contributed by atoms with Crippen molar-refractivity contribution in [1.29, 1.82) is 0 Å². The van der Waals surface area contributed by atoms with Gasteiger partial charge in [0.15, 0.2) is 0 Å². The van der Waals surface area contributed by atoms with Crippen LogP contribution in [-0.4, -0.2) is 20.9 Å². The van der Waals surface area contributed by atoms with E-state index in [-0.39, 0.29) is 11.5 Å². The highest BCUT2D eigenvalue weighted by Gasteiger charge is 2.07. The van der Waals surface area contributed by atoms with Gasteiger partial charge in [-0.15, -0.1) is 0 Å². The smallest absolute Gasteiger partial charge is 0.255 e. The number of anilines is 1. The van der Waals surface area contributed by atoms with E-state index in [1.807, 2.05) is 12.1 Å². The Morgan fingerprint density at radius 1 is 1.19 bits per heavy atom. The summed E-state index contributed by atoms with van der Waals surface area (Å²) in [5, 5.41) is 2.70. The molecule has 6 heteroatoms. The third kappa shape index (κ3) is 2.94. The van der Waals surface area contributed by atoms with Crippen LogP contribution < -0.4 is 5.32 Å². The Hall–Kier alpha value is -3.02. The highest BCUT2D eigenvalue weighted by Crippen LogP contribution is 2.19. The number of hydrogen-bond donors (Lipinski definition) is 2. The van der Waals surface area contributed by atoms with E-state index >= 15 is 0 Å². The highest BCUT2D eigenvalue weighted by molar-refractivity contribution is 6.04. The molecule has 0 atom stereocenters. The van der Waals surface area contributed by atoms with E-state index in [2.05, 4.69) is 20.3 Å². The molecule has 0 aliphatic carbocycles. The third-order valence-corrected chi connectivity index (χ3v) is 2.94. The summed E-state index contributed by atoms with van der Waals surface area (Å²) in [5.74, 6) is -1.07. The van der Waals surface area contributed by atoms with Gasteiger partial charge in [0.25, 0.3) is 5.91 Å². The molecule has 2 aromatic heterocycles. The third-order valence-electron chi connectivity index (χ3n) is 2.94. The summed E-state index contributed by atoms with van der Waals surface area (Å²) in [4.78, 5) is 22.3. The molecule has 3 rings (SSSR count). The van der Waals surface area contributed by atoms with E-state index in [0.717, 1.165) is 17.3 Å². The van der Waals surface area contributed by atoms with Gasteiger partial charge >= 0.3 is 0 Å². The molecule has 2 N–H and O–H groups in total. The average Bonchev–Trinajstić information content (AvgIpc) is 3.02. The lowest BCUT2D eigenvalue weighted by molar-refractivity contribution is 0.102. The number of nitrogens with zero attached hydrogens (tertiary/aromatic N) is 2. The monoisotopic (exact) mass is 282 g/mol. The van der Waals surface area contributed by atoms with Crippen LogP contribution in [0, 0.1) is 5.95 Å². The van der Waals surface area contributed by atoms with Crippen molar-refractivity contribution in [3.63, 3.8) is 0 Å². The summed E-state index contributed by atoms with van der Waals surface area (Å²) in [5.41, 5.74) is 2.70. The largest absolute Gasteiger partial charge is 0.345 e. The number of H-pyrrole nitrogens is 1.